The molecule has 0 radical (unpaired) electrons. The molecule has 1 aliphatic heterocycles. The van der Waals surface area contributed by atoms with Crippen LogP contribution >= 0.6 is 0 Å². The lowest BCUT2D eigenvalue weighted by Gasteiger charge is -2.41. The molecule has 10 heteroatoms. The molecule has 3 aromatic heterocycles. The van der Waals surface area contributed by atoms with E-state index in [1.165, 1.54) is 18.3 Å². The van der Waals surface area contributed by atoms with Gasteiger partial charge in [-0.15, -0.1) is 0 Å². The molecule has 4 aromatic rings. The summed E-state index contributed by atoms with van der Waals surface area (Å²) in [6, 6.07) is 5.39. The highest BCUT2D eigenvalue weighted by atomic mass is 19.1. The Labute approximate surface area is 167 Å². The molecule has 0 saturated carbocycles. The number of rotatable bonds is 4. The van der Waals surface area contributed by atoms with Crippen molar-refractivity contribution in [3.8, 4) is 11.3 Å². The van der Waals surface area contributed by atoms with Gasteiger partial charge in [0.2, 0.25) is 0 Å². The van der Waals surface area contributed by atoms with Gasteiger partial charge in [0, 0.05) is 37.7 Å². The van der Waals surface area contributed by atoms with Crippen molar-refractivity contribution in [2.24, 2.45) is 5.92 Å². The fourth-order valence-electron chi connectivity index (χ4n) is 3.76. The van der Waals surface area contributed by atoms with Gasteiger partial charge in [-0.05, 0) is 30.0 Å². The third kappa shape index (κ3) is 3.15. The Balaban J connectivity index is 1.43. The molecule has 8 nitrogen and oxygen atoms in total. The molecular formula is C20H16F2N6O2. The van der Waals surface area contributed by atoms with Crippen molar-refractivity contribution in [3.63, 3.8) is 0 Å². The standard InChI is InChI=1S/C20H16F2N6O2/c21-13-2-1-12(15(22)6-13)5-11-9-27(10-11)17-7-16(26-28-4-3-23-18(17)28)14-8-24-20(30)25-19(14)29/h1-4,6-8,11H,5,9-10H2,(H2,24,25,29,30). The zero-order chi connectivity index (χ0) is 20.8. The van der Waals surface area contributed by atoms with E-state index in [4.69, 9.17) is 0 Å². The second-order valence-electron chi connectivity index (χ2n) is 7.31. The molecule has 2 N–H and O–H groups in total. The molecule has 30 heavy (non-hydrogen) atoms. The van der Waals surface area contributed by atoms with Crippen LogP contribution in [0.1, 0.15) is 5.56 Å². The molecule has 1 saturated heterocycles. The number of hydrogen-bond donors (Lipinski definition) is 2. The Hall–Kier alpha value is -3.82. The van der Waals surface area contributed by atoms with Gasteiger partial charge in [0.1, 0.15) is 17.3 Å². The second-order valence-corrected chi connectivity index (χ2v) is 7.31. The quantitative estimate of drug-likeness (QED) is 0.534. The molecule has 5 rings (SSSR count). The van der Waals surface area contributed by atoms with E-state index >= 15 is 0 Å². The smallest absolute Gasteiger partial charge is 0.325 e. The van der Waals surface area contributed by atoms with Crippen molar-refractivity contribution in [3.05, 3.63) is 80.9 Å². The summed E-state index contributed by atoms with van der Waals surface area (Å²) < 4.78 is 28.6. The lowest BCUT2D eigenvalue weighted by atomic mass is 9.91. The first-order chi connectivity index (χ1) is 14.5. The lowest BCUT2D eigenvalue weighted by Crippen LogP contribution is -2.48. The third-order valence-electron chi connectivity index (χ3n) is 5.26. The molecule has 1 fully saturated rings. The molecule has 1 aliphatic rings. The zero-order valence-electron chi connectivity index (χ0n) is 15.6. The maximum atomic E-state index is 13.9. The van der Waals surface area contributed by atoms with E-state index in [0.29, 0.717) is 36.4 Å². The summed E-state index contributed by atoms with van der Waals surface area (Å²) in [6.45, 7) is 1.32. The number of nitrogens with zero attached hydrogens (tertiary/aromatic N) is 4. The summed E-state index contributed by atoms with van der Waals surface area (Å²) >= 11 is 0. The van der Waals surface area contributed by atoms with Gasteiger partial charge in [0.25, 0.3) is 5.56 Å². The number of hydrogen-bond acceptors (Lipinski definition) is 5. The van der Waals surface area contributed by atoms with Crippen LogP contribution < -0.4 is 16.1 Å². The first kappa shape index (κ1) is 18.2. The van der Waals surface area contributed by atoms with Crippen LogP contribution in [0.25, 0.3) is 16.9 Å². The molecule has 4 heterocycles. The summed E-state index contributed by atoms with van der Waals surface area (Å²) in [5, 5.41) is 4.40. The minimum absolute atomic E-state index is 0.202. The Kier molecular flexibility index (Phi) is 4.19. The van der Waals surface area contributed by atoms with Gasteiger partial charge in [-0.3, -0.25) is 9.78 Å². The van der Waals surface area contributed by atoms with Crippen LogP contribution in [-0.2, 0) is 6.42 Å². The Morgan fingerprint density at radius 1 is 1.17 bits per heavy atom. The summed E-state index contributed by atoms with van der Waals surface area (Å²) in [5.74, 6) is -0.921. The zero-order valence-corrected chi connectivity index (χ0v) is 15.6. The molecule has 0 spiro atoms. The van der Waals surface area contributed by atoms with Crippen molar-refractivity contribution >= 4 is 11.3 Å². The Morgan fingerprint density at radius 2 is 2.00 bits per heavy atom. The normalized spacial score (nSPS) is 14.3. The van der Waals surface area contributed by atoms with Gasteiger partial charge in [-0.1, -0.05) is 6.07 Å². The molecule has 0 aliphatic carbocycles. The summed E-state index contributed by atoms with van der Waals surface area (Å²) in [6.07, 6.45) is 5.11. The largest absolute Gasteiger partial charge is 0.368 e. The minimum Gasteiger partial charge on any atom is -0.368 e. The predicted octanol–water partition coefficient (Wildman–Crippen LogP) is 1.73. The van der Waals surface area contributed by atoms with E-state index in [9.17, 15) is 18.4 Å². The first-order valence-electron chi connectivity index (χ1n) is 9.33. The van der Waals surface area contributed by atoms with E-state index < -0.39 is 22.9 Å². The van der Waals surface area contributed by atoms with E-state index in [-0.39, 0.29) is 11.5 Å². The number of aromatic nitrogens is 5. The molecule has 152 valence electrons. The summed E-state index contributed by atoms with van der Waals surface area (Å²) in [5.41, 5.74) is 1.40. The van der Waals surface area contributed by atoms with Gasteiger partial charge in [0.05, 0.1) is 11.3 Å². The maximum absolute atomic E-state index is 13.9. The van der Waals surface area contributed by atoms with Crippen LogP contribution in [0.5, 0.6) is 0 Å². The van der Waals surface area contributed by atoms with E-state index in [2.05, 4.69) is 25.0 Å². The van der Waals surface area contributed by atoms with Crippen LogP contribution in [0, 0.1) is 17.6 Å². The van der Waals surface area contributed by atoms with Crippen molar-refractivity contribution in [2.75, 3.05) is 18.0 Å². The lowest BCUT2D eigenvalue weighted by molar-refractivity contribution is 0.401. The number of imidazole rings is 1. The number of H-pyrrole nitrogens is 2. The number of nitrogens with one attached hydrogen (secondary N) is 2. The molecule has 0 bridgehead atoms. The predicted molar refractivity (Wildman–Crippen MR) is 105 cm³/mol. The summed E-state index contributed by atoms with van der Waals surface area (Å²) in [7, 11) is 0. The van der Waals surface area contributed by atoms with Crippen LogP contribution in [-0.4, -0.2) is 37.7 Å². The number of fused-ring (bicyclic) bond motifs is 1. The van der Waals surface area contributed by atoms with Gasteiger partial charge >= 0.3 is 5.69 Å². The highest BCUT2D eigenvalue weighted by molar-refractivity contribution is 5.75. The average molecular weight is 410 g/mol. The van der Waals surface area contributed by atoms with Crippen molar-refractivity contribution in [2.45, 2.75) is 6.42 Å². The fraction of sp³-hybridized carbons (Fsp3) is 0.200. The van der Waals surface area contributed by atoms with Crippen molar-refractivity contribution < 1.29 is 8.78 Å². The van der Waals surface area contributed by atoms with Gasteiger partial charge in [-0.2, -0.15) is 5.10 Å². The maximum Gasteiger partial charge on any atom is 0.325 e. The molecular weight excluding hydrogens is 394 g/mol. The van der Waals surface area contributed by atoms with E-state index in [1.807, 2.05) is 0 Å². The highest BCUT2D eigenvalue weighted by Crippen LogP contribution is 2.32. The van der Waals surface area contributed by atoms with Crippen LogP contribution in [0.15, 0.2) is 52.4 Å². The monoisotopic (exact) mass is 410 g/mol. The highest BCUT2D eigenvalue weighted by Gasteiger charge is 2.30. The summed E-state index contributed by atoms with van der Waals surface area (Å²) in [4.78, 5) is 34.5. The third-order valence-corrected chi connectivity index (χ3v) is 5.26. The van der Waals surface area contributed by atoms with Gasteiger partial charge < -0.3 is 9.88 Å². The SMILES string of the molecule is O=c1[nH]cc(-c2cc(N3CC(Cc4ccc(F)cc4F)C3)c3nccn3n2)c(=O)[nH]1. The average Bonchev–Trinajstić information content (AvgIpc) is 3.14. The van der Waals surface area contributed by atoms with Crippen LogP contribution in [0.3, 0.4) is 0 Å². The van der Waals surface area contributed by atoms with Crippen molar-refractivity contribution in [1.82, 2.24) is 24.6 Å². The Bertz CT molecular complexity index is 1370. The molecule has 0 amide bonds. The van der Waals surface area contributed by atoms with Crippen LogP contribution in [0.2, 0.25) is 0 Å². The molecule has 0 atom stereocenters. The topological polar surface area (TPSA) is 99.2 Å². The van der Waals surface area contributed by atoms with Crippen molar-refractivity contribution in [1.29, 1.82) is 0 Å². The molecule has 0 unspecified atom stereocenters. The van der Waals surface area contributed by atoms with E-state index in [1.54, 1.807) is 23.0 Å². The number of halogens is 2. The number of benzene rings is 1. The number of aromatic amines is 2. The first-order valence-corrected chi connectivity index (χ1v) is 9.33. The van der Waals surface area contributed by atoms with E-state index in [0.717, 1.165) is 11.8 Å². The second kappa shape index (κ2) is 6.90. The van der Waals surface area contributed by atoms with Crippen LogP contribution in [0.4, 0.5) is 14.5 Å². The molecule has 1 aromatic carbocycles. The Morgan fingerprint density at radius 3 is 2.77 bits per heavy atom. The minimum atomic E-state index is -0.591. The van der Waals surface area contributed by atoms with Gasteiger partial charge in [-0.25, -0.2) is 23.1 Å². The number of anilines is 1. The fourth-order valence-corrected chi connectivity index (χ4v) is 3.76. The van der Waals surface area contributed by atoms with Gasteiger partial charge in [0.15, 0.2) is 5.65 Å².